The van der Waals surface area contributed by atoms with Crippen LogP contribution in [-0.4, -0.2) is 5.71 Å². The molecular formula is C12H15N. The van der Waals surface area contributed by atoms with Gasteiger partial charge in [-0.25, -0.2) is 0 Å². The van der Waals surface area contributed by atoms with Crippen molar-refractivity contribution in [1.82, 2.24) is 0 Å². The standard InChI is InChI=1S/C12H15N/c1-4-9-13-11(3)12-8-6-5-7-10(12)2/h4-9H,1-3H3/b9-4-,13-11?. The largest absolute Gasteiger partial charge is 0.261 e. The van der Waals surface area contributed by atoms with Crippen LogP contribution in [0.15, 0.2) is 41.5 Å². The van der Waals surface area contributed by atoms with Crippen molar-refractivity contribution in [2.24, 2.45) is 4.99 Å². The fourth-order valence-corrected chi connectivity index (χ4v) is 1.23. The van der Waals surface area contributed by atoms with E-state index in [1.165, 1.54) is 11.1 Å². The third-order valence-corrected chi connectivity index (χ3v) is 1.95. The van der Waals surface area contributed by atoms with Gasteiger partial charge >= 0.3 is 0 Å². The lowest BCUT2D eigenvalue weighted by molar-refractivity contribution is 1.40. The summed E-state index contributed by atoms with van der Waals surface area (Å²) in [6.07, 6.45) is 3.75. The van der Waals surface area contributed by atoms with E-state index in [0.717, 1.165) is 5.71 Å². The summed E-state index contributed by atoms with van der Waals surface area (Å²) in [5.74, 6) is 0. The highest BCUT2D eigenvalue weighted by Crippen LogP contribution is 2.08. The van der Waals surface area contributed by atoms with E-state index in [0.29, 0.717) is 0 Å². The Morgan fingerprint density at radius 2 is 2.00 bits per heavy atom. The average molecular weight is 173 g/mol. The highest BCUT2D eigenvalue weighted by molar-refractivity contribution is 6.00. The summed E-state index contributed by atoms with van der Waals surface area (Å²) in [4.78, 5) is 4.31. The molecule has 0 aliphatic heterocycles. The van der Waals surface area contributed by atoms with Crippen LogP contribution in [0.5, 0.6) is 0 Å². The number of aliphatic imine (C=N–C) groups is 1. The Balaban J connectivity index is 3.01. The van der Waals surface area contributed by atoms with Gasteiger partial charge in [0, 0.05) is 11.9 Å². The highest BCUT2D eigenvalue weighted by atomic mass is 14.7. The lowest BCUT2D eigenvalue weighted by Crippen LogP contribution is -1.96. The molecule has 1 aromatic rings. The van der Waals surface area contributed by atoms with Crippen LogP contribution in [0.25, 0.3) is 0 Å². The van der Waals surface area contributed by atoms with Crippen molar-refractivity contribution in [2.45, 2.75) is 20.8 Å². The molecule has 0 radical (unpaired) electrons. The van der Waals surface area contributed by atoms with Gasteiger partial charge in [-0.1, -0.05) is 30.3 Å². The van der Waals surface area contributed by atoms with Crippen LogP contribution < -0.4 is 0 Å². The van der Waals surface area contributed by atoms with Gasteiger partial charge in [0.1, 0.15) is 0 Å². The number of hydrogen-bond acceptors (Lipinski definition) is 1. The molecule has 0 bridgehead atoms. The van der Waals surface area contributed by atoms with Gasteiger partial charge in [-0.2, -0.15) is 0 Å². The van der Waals surface area contributed by atoms with Gasteiger partial charge in [-0.15, -0.1) is 0 Å². The number of hydrogen-bond donors (Lipinski definition) is 0. The molecule has 0 fully saturated rings. The monoisotopic (exact) mass is 173 g/mol. The van der Waals surface area contributed by atoms with Crippen LogP contribution in [0.4, 0.5) is 0 Å². The molecule has 0 atom stereocenters. The van der Waals surface area contributed by atoms with Crippen molar-refractivity contribution < 1.29 is 0 Å². The van der Waals surface area contributed by atoms with Crippen LogP contribution in [0.1, 0.15) is 25.0 Å². The maximum Gasteiger partial charge on any atom is 0.0447 e. The van der Waals surface area contributed by atoms with Crippen LogP contribution in [0.2, 0.25) is 0 Å². The second-order valence-corrected chi connectivity index (χ2v) is 3.01. The summed E-state index contributed by atoms with van der Waals surface area (Å²) in [5.41, 5.74) is 3.56. The van der Waals surface area contributed by atoms with Gasteiger partial charge in [0.25, 0.3) is 0 Å². The molecule has 0 saturated heterocycles. The molecule has 1 rings (SSSR count). The van der Waals surface area contributed by atoms with E-state index in [-0.39, 0.29) is 0 Å². The van der Waals surface area contributed by atoms with Gasteiger partial charge in [0.05, 0.1) is 0 Å². The third kappa shape index (κ3) is 2.55. The van der Waals surface area contributed by atoms with Crippen LogP contribution in [0.3, 0.4) is 0 Å². The molecule has 0 spiro atoms. The molecule has 0 aliphatic rings. The summed E-state index contributed by atoms with van der Waals surface area (Å²) in [6.45, 7) is 6.10. The van der Waals surface area contributed by atoms with E-state index in [9.17, 15) is 0 Å². The van der Waals surface area contributed by atoms with Crippen LogP contribution >= 0.6 is 0 Å². The Hall–Kier alpha value is -1.37. The lowest BCUT2D eigenvalue weighted by Gasteiger charge is -2.02. The van der Waals surface area contributed by atoms with E-state index in [1.54, 1.807) is 0 Å². The van der Waals surface area contributed by atoms with Gasteiger partial charge in [-0.05, 0) is 31.9 Å². The zero-order chi connectivity index (χ0) is 9.68. The molecule has 0 amide bonds. The normalized spacial score (nSPS) is 12.4. The number of nitrogens with zero attached hydrogens (tertiary/aromatic N) is 1. The summed E-state index contributed by atoms with van der Waals surface area (Å²) < 4.78 is 0. The first-order chi connectivity index (χ1) is 6.25. The number of allylic oxidation sites excluding steroid dienone is 1. The zero-order valence-corrected chi connectivity index (χ0v) is 8.41. The Bertz CT molecular complexity index is 335. The molecular weight excluding hydrogens is 158 g/mol. The second kappa shape index (κ2) is 4.61. The number of rotatable bonds is 2. The molecule has 0 aliphatic carbocycles. The Morgan fingerprint density at radius 3 is 2.62 bits per heavy atom. The maximum atomic E-state index is 4.31. The topological polar surface area (TPSA) is 12.4 Å². The molecule has 0 unspecified atom stereocenters. The summed E-state index contributed by atoms with van der Waals surface area (Å²) >= 11 is 0. The first-order valence-electron chi connectivity index (χ1n) is 4.47. The predicted octanol–water partition coefficient (Wildman–Crippen LogP) is 3.34. The van der Waals surface area contributed by atoms with Crippen molar-refractivity contribution in [3.05, 3.63) is 47.7 Å². The molecule has 68 valence electrons. The number of benzene rings is 1. The molecule has 0 N–H and O–H groups in total. The Labute approximate surface area is 79.8 Å². The quantitative estimate of drug-likeness (QED) is 0.608. The minimum Gasteiger partial charge on any atom is -0.261 e. The molecule has 1 nitrogen and oxygen atoms in total. The van der Waals surface area contributed by atoms with Crippen molar-refractivity contribution in [1.29, 1.82) is 0 Å². The predicted molar refractivity (Wildman–Crippen MR) is 58.2 cm³/mol. The first kappa shape index (κ1) is 9.72. The summed E-state index contributed by atoms with van der Waals surface area (Å²) in [5, 5.41) is 0. The minimum absolute atomic E-state index is 1.07. The first-order valence-corrected chi connectivity index (χ1v) is 4.47. The fourth-order valence-electron chi connectivity index (χ4n) is 1.23. The minimum atomic E-state index is 1.07. The van der Waals surface area contributed by atoms with E-state index in [1.807, 2.05) is 38.3 Å². The third-order valence-electron chi connectivity index (χ3n) is 1.95. The fraction of sp³-hybridized carbons (Fsp3) is 0.250. The smallest absolute Gasteiger partial charge is 0.0447 e. The lowest BCUT2D eigenvalue weighted by atomic mass is 10.1. The molecule has 13 heavy (non-hydrogen) atoms. The molecule has 1 heteroatoms. The van der Waals surface area contributed by atoms with Crippen molar-refractivity contribution >= 4 is 5.71 Å². The SMILES string of the molecule is C/C=C\N=C(C)c1ccccc1C. The molecule has 0 saturated carbocycles. The van der Waals surface area contributed by atoms with Gasteiger partial charge in [-0.3, -0.25) is 4.99 Å². The van der Waals surface area contributed by atoms with Crippen molar-refractivity contribution in [3.63, 3.8) is 0 Å². The average Bonchev–Trinajstić information content (AvgIpc) is 2.15. The summed E-state index contributed by atoms with van der Waals surface area (Å²) in [6, 6.07) is 8.28. The van der Waals surface area contributed by atoms with Crippen molar-refractivity contribution in [3.8, 4) is 0 Å². The van der Waals surface area contributed by atoms with Crippen molar-refractivity contribution in [2.75, 3.05) is 0 Å². The second-order valence-electron chi connectivity index (χ2n) is 3.01. The summed E-state index contributed by atoms with van der Waals surface area (Å²) in [7, 11) is 0. The van der Waals surface area contributed by atoms with Gasteiger partial charge < -0.3 is 0 Å². The Kier molecular flexibility index (Phi) is 3.44. The van der Waals surface area contributed by atoms with Gasteiger partial charge in [0.15, 0.2) is 0 Å². The van der Waals surface area contributed by atoms with Crippen LogP contribution in [-0.2, 0) is 0 Å². The van der Waals surface area contributed by atoms with Gasteiger partial charge in [0.2, 0.25) is 0 Å². The van der Waals surface area contributed by atoms with E-state index >= 15 is 0 Å². The molecule has 0 aromatic heterocycles. The zero-order valence-electron chi connectivity index (χ0n) is 8.41. The maximum absolute atomic E-state index is 4.31. The van der Waals surface area contributed by atoms with Crippen LogP contribution in [0, 0.1) is 6.92 Å². The number of aryl methyl sites for hydroxylation is 1. The molecule has 1 aromatic carbocycles. The van der Waals surface area contributed by atoms with E-state index < -0.39 is 0 Å². The highest BCUT2D eigenvalue weighted by Gasteiger charge is 1.98. The molecule has 0 heterocycles. The van der Waals surface area contributed by atoms with E-state index in [2.05, 4.69) is 24.0 Å². The van der Waals surface area contributed by atoms with E-state index in [4.69, 9.17) is 0 Å². The Morgan fingerprint density at radius 1 is 1.31 bits per heavy atom.